The van der Waals surface area contributed by atoms with Crippen LogP contribution in [0.4, 0.5) is 0 Å². The van der Waals surface area contributed by atoms with E-state index >= 15 is 0 Å². The summed E-state index contributed by atoms with van der Waals surface area (Å²) in [5.41, 5.74) is 3.17. The van der Waals surface area contributed by atoms with Crippen molar-refractivity contribution < 1.29 is 23.9 Å². The minimum Gasteiger partial charge on any atom is -0.455 e. The van der Waals surface area contributed by atoms with Crippen molar-refractivity contribution >= 4 is 17.7 Å². The van der Waals surface area contributed by atoms with E-state index in [1.165, 1.54) is 12.2 Å². The molecule has 0 aliphatic heterocycles. The van der Waals surface area contributed by atoms with E-state index < -0.39 is 30.1 Å². The summed E-state index contributed by atoms with van der Waals surface area (Å²) < 4.78 is 11.5. The summed E-state index contributed by atoms with van der Waals surface area (Å²) in [4.78, 5) is 38.3. The molecule has 0 amide bonds. The maximum Gasteiger partial charge on any atom is 0.331 e. The van der Waals surface area contributed by atoms with Crippen molar-refractivity contribution in [2.75, 3.05) is 0 Å². The Balaban J connectivity index is 2.42. The summed E-state index contributed by atoms with van der Waals surface area (Å²) in [6.07, 6.45) is 5.42. The molecule has 0 spiro atoms. The first kappa shape index (κ1) is 25.8. The molecule has 2 aliphatic rings. The molecule has 2 rings (SSSR count). The number of fused-ring (bicyclic) bond motifs is 1. The first-order valence-corrected chi connectivity index (χ1v) is 11.7. The number of carbonyl (C=O) groups excluding carboxylic acids is 3. The third-order valence-electron chi connectivity index (χ3n) is 6.92. The van der Waals surface area contributed by atoms with E-state index in [2.05, 4.69) is 20.4 Å². The maximum atomic E-state index is 13.3. The molecule has 0 unspecified atom stereocenters. The van der Waals surface area contributed by atoms with Gasteiger partial charge in [-0.15, -0.1) is 0 Å². The average molecular weight is 443 g/mol. The van der Waals surface area contributed by atoms with Crippen LogP contribution in [0, 0.1) is 23.7 Å². The molecular formula is C27H38O5. The monoisotopic (exact) mass is 442 g/mol. The van der Waals surface area contributed by atoms with Gasteiger partial charge in [-0.05, 0) is 63.0 Å². The van der Waals surface area contributed by atoms with E-state index in [-0.39, 0.29) is 23.5 Å². The number of hydrogen-bond acceptors (Lipinski definition) is 5. The summed E-state index contributed by atoms with van der Waals surface area (Å²) >= 11 is 0. The van der Waals surface area contributed by atoms with Crippen LogP contribution in [0.25, 0.3) is 0 Å². The van der Waals surface area contributed by atoms with Gasteiger partial charge in [-0.25, -0.2) is 9.59 Å². The third-order valence-corrected chi connectivity index (χ3v) is 6.92. The highest BCUT2D eigenvalue weighted by atomic mass is 16.6. The smallest absolute Gasteiger partial charge is 0.331 e. The van der Waals surface area contributed by atoms with Crippen molar-refractivity contribution in [2.45, 2.75) is 79.9 Å². The lowest BCUT2D eigenvalue weighted by atomic mass is 9.65. The highest BCUT2D eigenvalue weighted by Gasteiger charge is 2.56. The van der Waals surface area contributed by atoms with Crippen LogP contribution in [0.5, 0.6) is 0 Å². The Morgan fingerprint density at radius 3 is 2.03 bits per heavy atom. The predicted molar refractivity (Wildman–Crippen MR) is 126 cm³/mol. The van der Waals surface area contributed by atoms with Crippen LogP contribution in [0.2, 0.25) is 0 Å². The van der Waals surface area contributed by atoms with Gasteiger partial charge in [0.25, 0.3) is 0 Å². The number of hydrogen-bond donors (Lipinski definition) is 0. The second-order valence-corrected chi connectivity index (χ2v) is 9.35. The first-order chi connectivity index (χ1) is 15.0. The number of carbonyl (C=O) groups is 3. The standard InChI is InChI=1S/C27H38O5/c1-9-16(6)12-22(28)31-21-14-20(15(4)5)25-19(11-3)26(30)27(24(25)18(21)8)32-23(29)13-17(7)10-2/h11-13,15,20-21,24-25,27H,8-10,14H2,1-7H3/b16-12+,17-13+,19-11-/t20-,21+,24-,25-,27-/m0/s1. The van der Waals surface area contributed by atoms with Gasteiger partial charge >= 0.3 is 11.9 Å². The number of Topliss-reactive ketones (excluding diaryl/α,β-unsaturated/α-hetero) is 1. The van der Waals surface area contributed by atoms with Crippen molar-refractivity contribution in [3.8, 4) is 0 Å². The summed E-state index contributed by atoms with van der Waals surface area (Å²) in [5, 5.41) is 0. The first-order valence-electron chi connectivity index (χ1n) is 11.7. The van der Waals surface area contributed by atoms with Gasteiger partial charge in [0.2, 0.25) is 0 Å². The molecule has 5 atom stereocenters. The fourth-order valence-electron chi connectivity index (χ4n) is 4.77. The van der Waals surface area contributed by atoms with E-state index in [9.17, 15) is 14.4 Å². The van der Waals surface area contributed by atoms with E-state index in [0.717, 1.165) is 24.0 Å². The molecule has 0 aromatic heterocycles. The van der Waals surface area contributed by atoms with E-state index in [1.807, 2.05) is 40.7 Å². The van der Waals surface area contributed by atoms with Crippen LogP contribution in [-0.4, -0.2) is 29.9 Å². The van der Waals surface area contributed by atoms with Crippen LogP contribution >= 0.6 is 0 Å². The quantitative estimate of drug-likeness (QED) is 0.295. The van der Waals surface area contributed by atoms with Crippen molar-refractivity contribution in [1.29, 1.82) is 0 Å². The Morgan fingerprint density at radius 1 is 1.03 bits per heavy atom. The number of allylic oxidation sites excluding steroid dienone is 3. The average Bonchev–Trinajstić information content (AvgIpc) is 3.00. The number of rotatable bonds is 7. The summed E-state index contributed by atoms with van der Waals surface area (Å²) in [6.45, 7) is 18.0. The molecule has 0 heterocycles. The van der Waals surface area contributed by atoms with Crippen LogP contribution in [-0.2, 0) is 23.9 Å². The summed E-state index contributed by atoms with van der Waals surface area (Å²) in [6, 6.07) is 0. The largest absolute Gasteiger partial charge is 0.455 e. The molecule has 2 fully saturated rings. The zero-order chi connectivity index (χ0) is 24.2. The molecule has 5 heteroatoms. The fraction of sp³-hybridized carbons (Fsp3) is 0.593. The van der Waals surface area contributed by atoms with Gasteiger partial charge in [0, 0.05) is 24.0 Å². The molecule has 0 aromatic rings. The molecule has 2 saturated carbocycles. The van der Waals surface area contributed by atoms with Crippen molar-refractivity contribution in [3.05, 3.63) is 47.1 Å². The molecule has 176 valence electrons. The molecule has 5 nitrogen and oxygen atoms in total. The lowest BCUT2D eigenvalue weighted by Crippen LogP contribution is -2.43. The van der Waals surface area contributed by atoms with E-state index in [1.54, 1.807) is 0 Å². The molecule has 2 aliphatic carbocycles. The van der Waals surface area contributed by atoms with Gasteiger partial charge in [-0.2, -0.15) is 0 Å². The van der Waals surface area contributed by atoms with Crippen molar-refractivity contribution in [2.24, 2.45) is 23.7 Å². The fourth-order valence-corrected chi connectivity index (χ4v) is 4.77. The molecule has 0 radical (unpaired) electrons. The Bertz CT molecular complexity index is 857. The molecule has 0 bridgehead atoms. The van der Waals surface area contributed by atoms with Gasteiger partial charge in [0.1, 0.15) is 6.10 Å². The Labute approximate surface area is 192 Å². The van der Waals surface area contributed by atoms with Gasteiger partial charge in [-0.1, -0.05) is 51.5 Å². The van der Waals surface area contributed by atoms with Gasteiger partial charge in [0.05, 0.1) is 0 Å². The lowest BCUT2D eigenvalue weighted by Gasteiger charge is -2.42. The van der Waals surface area contributed by atoms with E-state index in [0.29, 0.717) is 17.6 Å². The molecule has 32 heavy (non-hydrogen) atoms. The predicted octanol–water partition coefficient (Wildman–Crippen LogP) is 5.52. The summed E-state index contributed by atoms with van der Waals surface area (Å²) in [5.74, 6) is -1.23. The second kappa shape index (κ2) is 10.9. The van der Waals surface area contributed by atoms with E-state index in [4.69, 9.17) is 9.47 Å². The minimum absolute atomic E-state index is 0.100. The van der Waals surface area contributed by atoms with Crippen LogP contribution in [0.1, 0.15) is 67.7 Å². The second-order valence-electron chi connectivity index (χ2n) is 9.35. The zero-order valence-electron chi connectivity index (χ0n) is 20.6. The number of ketones is 1. The minimum atomic E-state index is -0.942. The van der Waals surface area contributed by atoms with Crippen LogP contribution < -0.4 is 0 Å². The van der Waals surface area contributed by atoms with Crippen molar-refractivity contribution in [1.82, 2.24) is 0 Å². The zero-order valence-corrected chi connectivity index (χ0v) is 20.6. The molecule has 0 aromatic carbocycles. The SMILES string of the molecule is C=C1[C@H]2[C@@H](/C(=C/C)C(=O)[C@H]2OC(=O)/C=C(\C)CC)[C@H](C(C)C)C[C@H]1OC(=O)/C=C(\C)CC. The highest BCUT2D eigenvalue weighted by Crippen LogP contribution is 2.52. The van der Waals surface area contributed by atoms with Crippen LogP contribution in [0.15, 0.2) is 47.1 Å². The lowest BCUT2D eigenvalue weighted by molar-refractivity contribution is -0.152. The molecular weight excluding hydrogens is 404 g/mol. The molecule has 0 N–H and O–H groups in total. The Hall–Kier alpha value is -2.43. The number of esters is 2. The number of ether oxygens (including phenoxy) is 2. The van der Waals surface area contributed by atoms with Crippen LogP contribution in [0.3, 0.4) is 0 Å². The normalized spacial score (nSPS) is 30.0. The summed E-state index contributed by atoms with van der Waals surface area (Å²) in [7, 11) is 0. The Kier molecular flexibility index (Phi) is 8.82. The van der Waals surface area contributed by atoms with Crippen molar-refractivity contribution in [3.63, 3.8) is 0 Å². The topological polar surface area (TPSA) is 69.7 Å². The van der Waals surface area contributed by atoms with Gasteiger partial charge in [-0.3, -0.25) is 4.79 Å². The highest BCUT2D eigenvalue weighted by molar-refractivity contribution is 6.04. The molecule has 0 saturated heterocycles. The Morgan fingerprint density at radius 2 is 1.56 bits per heavy atom. The third kappa shape index (κ3) is 5.48. The maximum absolute atomic E-state index is 13.3. The van der Waals surface area contributed by atoms with Gasteiger partial charge < -0.3 is 9.47 Å². The van der Waals surface area contributed by atoms with Gasteiger partial charge in [0.15, 0.2) is 11.9 Å².